The smallest absolute Gasteiger partial charge is 0.132 e. The van der Waals surface area contributed by atoms with Crippen LogP contribution in [0.15, 0.2) is 108 Å². The standard InChI is InChI=1S/C25H17ClFS/c26-23-18-22(27)16-17-24(23)28-25(19-10-4-1-5-11-19,20-12-6-2-7-13-20)21-14-8-3-9-15-21/h1-17H. The summed E-state index contributed by atoms with van der Waals surface area (Å²) >= 11 is 7.98. The van der Waals surface area contributed by atoms with Crippen LogP contribution in [-0.2, 0) is 4.75 Å². The highest BCUT2D eigenvalue weighted by Gasteiger charge is 2.38. The van der Waals surface area contributed by atoms with E-state index in [1.54, 1.807) is 17.8 Å². The van der Waals surface area contributed by atoms with Gasteiger partial charge in [-0.05, 0) is 28.8 Å². The van der Waals surface area contributed by atoms with Crippen LogP contribution in [0.5, 0.6) is 0 Å². The molecule has 0 unspecified atom stereocenters. The normalized spacial score (nSPS) is 11.4. The number of halogens is 2. The molecule has 4 aromatic rings. The maximum atomic E-state index is 13.6. The molecule has 0 aromatic heterocycles. The minimum Gasteiger partial charge on any atom is -0.206 e. The Hall–Kier alpha value is -2.55. The topological polar surface area (TPSA) is 0 Å². The minimum absolute atomic E-state index is 0.289. The molecule has 28 heavy (non-hydrogen) atoms. The lowest BCUT2D eigenvalue weighted by molar-refractivity contribution is 0.624. The van der Waals surface area contributed by atoms with Gasteiger partial charge in [0.1, 0.15) is 5.82 Å². The highest BCUT2D eigenvalue weighted by atomic mass is 35.5. The van der Waals surface area contributed by atoms with Gasteiger partial charge in [-0.3, -0.25) is 0 Å². The third-order valence-corrected chi connectivity index (χ3v) is 6.61. The molecular weight excluding hydrogens is 387 g/mol. The number of hydrogen-bond donors (Lipinski definition) is 0. The number of hydrogen-bond acceptors (Lipinski definition) is 1. The lowest BCUT2D eigenvalue weighted by atomic mass is 9.84. The van der Waals surface area contributed by atoms with Gasteiger partial charge in [-0.15, -0.1) is 11.8 Å². The molecule has 0 heterocycles. The Morgan fingerprint density at radius 1 is 0.643 bits per heavy atom. The van der Waals surface area contributed by atoms with E-state index in [0.29, 0.717) is 0 Å². The van der Waals surface area contributed by atoms with Crippen molar-refractivity contribution in [1.82, 2.24) is 0 Å². The van der Waals surface area contributed by atoms with E-state index in [0.717, 1.165) is 21.6 Å². The highest BCUT2D eigenvalue weighted by Crippen LogP contribution is 2.52. The Morgan fingerprint density at radius 2 is 1.07 bits per heavy atom. The first-order valence-corrected chi connectivity index (χ1v) is 10.1. The molecule has 0 aliphatic heterocycles. The quantitative estimate of drug-likeness (QED) is 0.247. The molecule has 4 rings (SSSR count). The van der Waals surface area contributed by atoms with Gasteiger partial charge in [-0.1, -0.05) is 103 Å². The molecule has 0 nitrogen and oxygen atoms in total. The zero-order chi connectivity index (χ0) is 19.4. The molecule has 3 heteroatoms. The second kappa shape index (κ2) is 8.22. The van der Waals surface area contributed by atoms with Crippen molar-refractivity contribution in [2.24, 2.45) is 0 Å². The SMILES string of the molecule is Fc1[c]c(Cl)c(SC(c2ccccc2)(c2ccccc2)c2ccccc2)cc1. The van der Waals surface area contributed by atoms with Crippen molar-refractivity contribution in [3.63, 3.8) is 0 Å². The molecule has 0 aliphatic rings. The molecule has 0 fully saturated rings. The summed E-state index contributed by atoms with van der Waals surface area (Å²) in [7, 11) is 0. The summed E-state index contributed by atoms with van der Waals surface area (Å²) < 4.78 is 13.1. The van der Waals surface area contributed by atoms with Crippen molar-refractivity contribution in [2.75, 3.05) is 0 Å². The molecule has 0 saturated heterocycles. The fraction of sp³-hybridized carbons (Fsp3) is 0.0400. The van der Waals surface area contributed by atoms with E-state index in [-0.39, 0.29) is 5.02 Å². The van der Waals surface area contributed by atoms with E-state index in [1.807, 2.05) is 54.6 Å². The highest BCUT2D eigenvalue weighted by molar-refractivity contribution is 8.00. The van der Waals surface area contributed by atoms with Gasteiger partial charge in [-0.25, -0.2) is 4.39 Å². The van der Waals surface area contributed by atoms with Crippen molar-refractivity contribution < 1.29 is 4.39 Å². The number of rotatable bonds is 5. The van der Waals surface area contributed by atoms with E-state index < -0.39 is 10.6 Å². The van der Waals surface area contributed by atoms with Gasteiger partial charge >= 0.3 is 0 Å². The van der Waals surface area contributed by atoms with Crippen molar-refractivity contribution in [3.05, 3.63) is 137 Å². The van der Waals surface area contributed by atoms with Crippen LogP contribution in [0.3, 0.4) is 0 Å². The average Bonchev–Trinajstić information content (AvgIpc) is 2.75. The predicted molar refractivity (Wildman–Crippen MR) is 115 cm³/mol. The average molecular weight is 404 g/mol. The lowest BCUT2D eigenvalue weighted by Gasteiger charge is -2.35. The number of thioether (sulfide) groups is 1. The first kappa shape index (κ1) is 18.8. The van der Waals surface area contributed by atoms with Crippen LogP contribution >= 0.6 is 23.4 Å². The molecule has 0 amide bonds. The third-order valence-electron chi connectivity index (χ3n) is 4.63. The monoisotopic (exact) mass is 403 g/mol. The Bertz CT molecular complexity index is 953. The first-order chi connectivity index (χ1) is 13.7. The van der Waals surface area contributed by atoms with Crippen LogP contribution in [0.4, 0.5) is 4.39 Å². The maximum absolute atomic E-state index is 13.6. The summed E-state index contributed by atoms with van der Waals surface area (Å²) in [6, 6.07) is 36.7. The molecule has 0 spiro atoms. The lowest BCUT2D eigenvalue weighted by Crippen LogP contribution is -2.25. The zero-order valence-corrected chi connectivity index (χ0v) is 16.6. The molecule has 0 bridgehead atoms. The first-order valence-electron chi connectivity index (χ1n) is 8.93. The fourth-order valence-electron chi connectivity index (χ4n) is 3.37. The van der Waals surface area contributed by atoms with Crippen LogP contribution in [0, 0.1) is 11.9 Å². The van der Waals surface area contributed by atoms with Gasteiger partial charge in [0.05, 0.1) is 9.77 Å². The predicted octanol–water partition coefficient (Wildman–Crippen LogP) is 7.36. The molecular formula is C25H17ClFS. The van der Waals surface area contributed by atoms with Crippen LogP contribution in [0.2, 0.25) is 5.02 Å². The fourth-order valence-corrected chi connectivity index (χ4v) is 5.01. The van der Waals surface area contributed by atoms with Crippen LogP contribution in [-0.4, -0.2) is 0 Å². The van der Waals surface area contributed by atoms with Crippen molar-refractivity contribution in [1.29, 1.82) is 0 Å². The summed E-state index contributed by atoms with van der Waals surface area (Å²) in [5.41, 5.74) is 3.37. The van der Waals surface area contributed by atoms with Gasteiger partial charge in [-0.2, -0.15) is 0 Å². The second-order valence-electron chi connectivity index (χ2n) is 6.37. The Morgan fingerprint density at radius 3 is 1.46 bits per heavy atom. The van der Waals surface area contributed by atoms with E-state index in [2.05, 4.69) is 42.5 Å². The molecule has 4 aromatic carbocycles. The van der Waals surface area contributed by atoms with Crippen molar-refractivity contribution in [2.45, 2.75) is 9.64 Å². The van der Waals surface area contributed by atoms with Gasteiger partial charge in [0.2, 0.25) is 0 Å². The van der Waals surface area contributed by atoms with Crippen LogP contribution in [0.25, 0.3) is 0 Å². The van der Waals surface area contributed by atoms with Gasteiger partial charge in [0.15, 0.2) is 0 Å². The summed E-state index contributed by atoms with van der Waals surface area (Å²) in [6.07, 6.45) is 0. The van der Waals surface area contributed by atoms with E-state index >= 15 is 0 Å². The molecule has 0 N–H and O–H groups in total. The van der Waals surface area contributed by atoms with Crippen molar-refractivity contribution in [3.8, 4) is 0 Å². The van der Waals surface area contributed by atoms with Crippen molar-refractivity contribution >= 4 is 23.4 Å². The zero-order valence-electron chi connectivity index (χ0n) is 15.0. The van der Waals surface area contributed by atoms with Gasteiger partial charge < -0.3 is 0 Å². The second-order valence-corrected chi connectivity index (χ2v) is 8.00. The van der Waals surface area contributed by atoms with Crippen LogP contribution < -0.4 is 0 Å². The van der Waals surface area contributed by atoms with Crippen LogP contribution in [0.1, 0.15) is 16.7 Å². The summed E-state index contributed by atoms with van der Waals surface area (Å²) in [5.74, 6) is -0.459. The maximum Gasteiger partial charge on any atom is 0.132 e. The minimum atomic E-state index is -0.543. The van der Waals surface area contributed by atoms with Gasteiger partial charge in [0.25, 0.3) is 0 Å². The summed E-state index contributed by atoms with van der Waals surface area (Å²) in [5, 5.41) is 0.289. The van der Waals surface area contributed by atoms with E-state index in [9.17, 15) is 4.39 Å². The summed E-state index contributed by atoms with van der Waals surface area (Å²) in [6.45, 7) is 0. The molecule has 137 valence electrons. The third kappa shape index (κ3) is 3.58. The Kier molecular flexibility index (Phi) is 5.52. The molecule has 0 saturated carbocycles. The molecule has 1 radical (unpaired) electrons. The molecule has 0 aliphatic carbocycles. The van der Waals surface area contributed by atoms with Gasteiger partial charge in [0, 0.05) is 11.0 Å². The van der Waals surface area contributed by atoms with E-state index in [4.69, 9.17) is 11.6 Å². The Balaban J connectivity index is 2.01. The largest absolute Gasteiger partial charge is 0.206 e. The molecule has 0 atom stereocenters. The van der Waals surface area contributed by atoms with E-state index in [1.165, 1.54) is 6.07 Å². The Labute approximate surface area is 174 Å². The summed E-state index contributed by atoms with van der Waals surface area (Å²) in [4.78, 5) is 0.777. The number of benzene rings is 4.